The molecule has 0 amide bonds. The molecule has 0 bridgehead atoms. The first kappa shape index (κ1) is 13.0. The maximum absolute atomic E-state index is 4.20. The van der Waals surface area contributed by atoms with E-state index < -0.39 is 0 Å². The van der Waals surface area contributed by atoms with Crippen LogP contribution >= 0.6 is 11.3 Å². The number of hydrogen-bond donors (Lipinski definition) is 1. The molecule has 0 saturated heterocycles. The lowest BCUT2D eigenvalue weighted by Gasteiger charge is -2.08. The summed E-state index contributed by atoms with van der Waals surface area (Å²) in [5.74, 6) is 0. The van der Waals surface area contributed by atoms with E-state index in [0.29, 0.717) is 0 Å². The second-order valence-corrected chi connectivity index (χ2v) is 5.34. The van der Waals surface area contributed by atoms with Gasteiger partial charge in [-0.3, -0.25) is 0 Å². The summed E-state index contributed by atoms with van der Waals surface area (Å²) in [7, 11) is 4.16. The van der Waals surface area contributed by atoms with E-state index in [2.05, 4.69) is 46.6 Å². The Balaban J connectivity index is 1.87. The first-order valence-electron chi connectivity index (χ1n) is 6.03. The van der Waals surface area contributed by atoms with Crippen molar-refractivity contribution in [1.82, 2.24) is 15.1 Å². The number of rotatable bonds is 6. The molecule has 0 unspecified atom stereocenters. The molecule has 0 atom stereocenters. The smallest absolute Gasteiger partial charge is 0.206 e. The zero-order valence-corrected chi connectivity index (χ0v) is 11.6. The second-order valence-electron chi connectivity index (χ2n) is 4.36. The zero-order chi connectivity index (χ0) is 12.8. The third kappa shape index (κ3) is 3.78. The number of nitrogens with zero attached hydrogens (tertiary/aromatic N) is 3. The van der Waals surface area contributed by atoms with Gasteiger partial charge in [0.25, 0.3) is 0 Å². The number of anilines is 1. The van der Waals surface area contributed by atoms with Gasteiger partial charge >= 0.3 is 0 Å². The summed E-state index contributed by atoms with van der Waals surface area (Å²) in [5, 5.41) is 13.5. The highest BCUT2D eigenvalue weighted by atomic mass is 32.1. The molecule has 0 spiro atoms. The first-order chi connectivity index (χ1) is 8.75. The molecule has 4 nitrogen and oxygen atoms in total. The number of hydrogen-bond acceptors (Lipinski definition) is 5. The summed E-state index contributed by atoms with van der Waals surface area (Å²) >= 11 is 1.60. The van der Waals surface area contributed by atoms with Crippen molar-refractivity contribution in [3.05, 3.63) is 30.3 Å². The van der Waals surface area contributed by atoms with E-state index in [-0.39, 0.29) is 0 Å². The molecule has 0 aliphatic carbocycles. The Labute approximate surface area is 112 Å². The van der Waals surface area contributed by atoms with Gasteiger partial charge in [-0.2, -0.15) is 0 Å². The molecule has 2 rings (SSSR count). The van der Waals surface area contributed by atoms with E-state index in [0.717, 1.165) is 35.2 Å². The molecule has 0 radical (unpaired) electrons. The van der Waals surface area contributed by atoms with Crippen molar-refractivity contribution >= 4 is 16.5 Å². The van der Waals surface area contributed by atoms with Gasteiger partial charge < -0.3 is 10.2 Å². The van der Waals surface area contributed by atoms with Gasteiger partial charge in [0.15, 0.2) is 0 Å². The van der Waals surface area contributed by atoms with Crippen LogP contribution < -0.4 is 5.32 Å². The molecule has 0 saturated carbocycles. The fourth-order valence-corrected chi connectivity index (χ4v) is 2.36. The average Bonchev–Trinajstić information content (AvgIpc) is 2.84. The third-order valence-electron chi connectivity index (χ3n) is 2.50. The summed E-state index contributed by atoms with van der Waals surface area (Å²) in [6, 6.07) is 10.1. The van der Waals surface area contributed by atoms with Crippen LogP contribution in [0.1, 0.15) is 6.42 Å². The van der Waals surface area contributed by atoms with E-state index in [1.165, 1.54) is 0 Å². The molecule has 5 heteroatoms. The summed E-state index contributed by atoms with van der Waals surface area (Å²) in [6.45, 7) is 2.01. The Morgan fingerprint density at radius 2 is 1.94 bits per heavy atom. The molecule has 1 aromatic heterocycles. The fourth-order valence-electron chi connectivity index (χ4n) is 1.58. The molecule has 1 N–H and O–H groups in total. The number of nitrogens with one attached hydrogen (secondary N) is 1. The highest BCUT2D eigenvalue weighted by molar-refractivity contribution is 7.18. The summed E-state index contributed by atoms with van der Waals surface area (Å²) < 4.78 is 0. The van der Waals surface area contributed by atoms with Crippen LogP contribution in [0.25, 0.3) is 10.6 Å². The van der Waals surface area contributed by atoms with Crippen molar-refractivity contribution in [2.75, 3.05) is 32.5 Å². The normalized spacial score (nSPS) is 10.8. The predicted molar refractivity (Wildman–Crippen MR) is 77.0 cm³/mol. The SMILES string of the molecule is CN(C)CCCNc1nnc(-c2ccccc2)s1. The molecular formula is C13H18N4S. The van der Waals surface area contributed by atoms with Crippen LogP contribution in [0, 0.1) is 0 Å². The predicted octanol–water partition coefficient (Wildman–Crippen LogP) is 2.57. The Hall–Kier alpha value is -1.46. The van der Waals surface area contributed by atoms with E-state index in [1.807, 2.05) is 18.2 Å². The summed E-state index contributed by atoms with van der Waals surface area (Å²) in [4.78, 5) is 2.18. The van der Waals surface area contributed by atoms with Gasteiger partial charge in [-0.15, -0.1) is 10.2 Å². The molecule has 18 heavy (non-hydrogen) atoms. The third-order valence-corrected chi connectivity index (χ3v) is 3.43. The summed E-state index contributed by atoms with van der Waals surface area (Å²) in [6.07, 6.45) is 1.10. The van der Waals surface area contributed by atoms with Gasteiger partial charge in [0.2, 0.25) is 5.13 Å². The first-order valence-corrected chi connectivity index (χ1v) is 6.85. The number of aromatic nitrogens is 2. The minimum Gasteiger partial charge on any atom is -0.360 e. The van der Waals surface area contributed by atoms with Crippen molar-refractivity contribution in [2.24, 2.45) is 0 Å². The lowest BCUT2D eigenvalue weighted by Crippen LogP contribution is -2.16. The van der Waals surface area contributed by atoms with E-state index in [4.69, 9.17) is 0 Å². The summed E-state index contributed by atoms with van der Waals surface area (Å²) in [5.41, 5.74) is 1.12. The molecule has 1 aromatic carbocycles. The Kier molecular flexibility index (Phi) is 4.66. The van der Waals surface area contributed by atoms with Gasteiger partial charge in [-0.1, -0.05) is 41.7 Å². The minimum absolute atomic E-state index is 0.896. The van der Waals surface area contributed by atoms with Crippen LogP contribution in [-0.4, -0.2) is 42.3 Å². The van der Waals surface area contributed by atoms with Crippen molar-refractivity contribution in [2.45, 2.75) is 6.42 Å². The van der Waals surface area contributed by atoms with Crippen molar-refractivity contribution < 1.29 is 0 Å². The van der Waals surface area contributed by atoms with Crippen molar-refractivity contribution in [3.63, 3.8) is 0 Å². The molecule has 0 fully saturated rings. The van der Waals surface area contributed by atoms with Gasteiger partial charge in [0.05, 0.1) is 0 Å². The van der Waals surface area contributed by atoms with Gasteiger partial charge in [0.1, 0.15) is 5.01 Å². The zero-order valence-electron chi connectivity index (χ0n) is 10.8. The van der Waals surface area contributed by atoms with Gasteiger partial charge in [-0.25, -0.2) is 0 Å². The Bertz CT molecular complexity index is 467. The van der Waals surface area contributed by atoms with Crippen LogP contribution in [0.4, 0.5) is 5.13 Å². The van der Waals surface area contributed by atoms with Crippen LogP contribution in [0.15, 0.2) is 30.3 Å². The second kappa shape index (κ2) is 6.47. The standard InChI is InChI=1S/C13H18N4S/c1-17(2)10-6-9-14-13-16-15-12(18-13)11-7-4-3-5-8-11/h3-5,7-8H,6,9-10H2,1-2H3,(H,14,16). The number of benzene rings is 1. The fraction of sp³-hybridized carbons (Fsp3) is 0.385. The van der Waals surface area contributed by atoms with E-state index in [9.17, 15) is 0 Å². The maximum Gasteiger partial charge on any atom is 0.206 e. The van der Waals surface area contributed by atoms with Crippen LogP contribution in [0.2, 0.25) is 0 Å². The van der Waals surface area contributed by atoms with Gasteiger partial charge in [-0.05, 0) is 27.1 Å². The molecule has 96 valence electrons. The van der Waals surface area contributed by atoms with Gasteiger partial charge in [0, 0.05) is 12.1 Å². The lowest BCUT2D eigenvalue weighted by atomic mass is 10.2. The van der Waals surface area contributed by atoms with Crippen molar-refractivity contribution in [1.29, 1.82) is 0 Å². The minimum atomic E-state index is 0.896. The van der Waals surface area contributed by atoms with Crippen LogP contribution in [0.3, 0.4) is 0 Å². The van der Waals surface area contributed by atoms with Crippen LogP contribution in [-0.2, 0) is 0 Å². The van der Waals surface area contributed by atoms with E-state index >= 15 is 0 Å². The van der Waals surface area contributed by atoms with Crippen molar-refractivity contribution in [3.8, 4) is 10.6 Å². The molecular weight excluding hydrogens is 244 g/mol. The largest absolute Gasteiger partial charge is 0.360 e. The average molecular weight is 262 g/mol. The quantitative estimate of drug-likeness (QED) is 0.812. The molecule has 0 aliphatic heterocycles. The Morgan fingerprint density at radius 1 is 1.17 bits per heavy atom. The maximum atomic E-state index is 4.20. The highest BCUT2D eigenvalue weighted by Gasteiger charge is 2.05. The monoisotopic (exact) mass is 262 g/mol. The molecule has 0 aliphatic rings. The molecule has 1 heterocycles. The van der Waals surface area contributed by atoms with E-state index in [1.54, 1.807) is 11.3 Å². The van der Waals surface area contributed by atoms with Crippen LogP contribution in [0.5, 0.6) is 0 Å². The highest BCUT2D eigenvalue weighted by Crippen LogP contribution is 2.25. The topological polar surface area (TPSA) is 41.0 Å². The lowest BCUT2D eigenvalue weighted by molar-refractivity contribution is 0.405. The Morgan fingerprint density at radius 3 is 2.67 bits per heavy atom. The molecule has 2 aromatic rings.